The van der Waals surface area contributed by atoms with Gasteiger partial charge in [-0.25, -0.2) is 5.10 Å². The monoisotopic (exact) mass is 284 g/mol. The molecule has 0 aliphatic rings. The molecule has 0 amide bonds. The number of rotatable bonds is 4. The highest BCUT2D eigenvalue weighted by molar-refractivity contribution is 7.71. The van der Waals surface area contributed by atoms with Crippen LogP contribution in [0.1, 0.15) is 5.89 Å². The van der Waals surface area contributed by atoms with Crippen molar-refractivity contribution in [2.75, 3.05) is 0 Å². The largest absolute Gasteiger partial charge is 0.484 e. The molecule has 0 saturated carbocycles. The topological polar surface area (TPSA) is 51.0 Å². The summed E-state index contributed by atoms with van der Waals surface area (Å²) in [4.78, 5) is 0.253. The van der Waals surface area contributed by atoms with Crippen molar-refractivity contribution in [3.63, 3.8) is 0 Å². The second-order valence-electron chi connectivity index (χ2n) is 4.19. The number of benzene rings is 2. The van der Waals surface area contributed by atoms with Gasteiger partial charge in [0.2, 0.25) is 0 Å². The highest BCUT2D eigenvalue weighted by Gasteiger charge is 2.02. The van der Waals surface area contributed by atoms with Gasteiger partial charge in [-0.3, -0.25) is 0 Å². The summed E-state index contributed by atoms with van der Waals surface area (Å²) in [5.74, 6) is 1.19. The first kappa shape index (κ1) is 12.6. The molecule has 0 bridgehead atoms. The normalized spacial score (nSPS) is 10.4. The Balaban J connectivity index is 1.69. The minimum absolute atomic E-state index is 0.248. The predicted molar refractivity (Wildman–Crippen MR) is 77.9 cm³/mol. The van der Waals surface area contributed by atoms with Crippen LogP contribution >= 0.6 is 12.2 Å². The summed E-state index contributed by atoms with van der Waals surface area (Å²) >= 11 is 4.79. The van der Waals surface area contributed by atoms with Crippen LogP contribution in [0.4, 0.5) is 0 Å². The molecule has 0 atom stereocenters. The van der Waals surface area contributed by atoms with Gasteiger partial charge < -0.3 is 9.15 Å². The highest BCUT2D eigenvalue weighted by atomic mass is 32.1. The Hall–Kier alpha value is -2.40. The molecule has 0 spiro atoms. The zero-order valence-electron chi connectivity index (χ0n) is 10.6. The Morgan fingerprint density at radius 2 is 1.70 bits per heavy atom. The number of hydrogen-bond donors (Lipinski definition) is 1. The lowest BCUT2D eigenvalue weighted by Gasteiger charge is -2.05. The molecule has 3 aromatic rings. The predicted octanol–water partition coefficient (Wildman–Crippen LogP) is 3.98. The molecule has 1 aromatic heterocycles. The molecular formula is C15H12N2O2S. The van der Waals surface area contributed by atoms with E-state index in [0.717, 1.165) is 11.3 Å². The Morgan fingerprint density at radius 3 is 2.35 bits per heavy atom. The highest BCUT2D eigenvalue weighted by Crippen LogP contribution is 2.22. The molecule has 0 radical (unpaired) electrons. The van der Waals surface area contributed by atoms with Gasteiger partial charge in [0, 0.05) is 0 Å². The molecule has 20 heavy (non-hydrogen) atoms. The molecule has 100 valence electrons. The lowest BCUT2D eigenvalue weighted by atomic mass is 10.1. The maximum Gasteiger partial charge on any atom is 0.284 e. The maximum atomic E-state index is 5.57. The van der Waals surface area contributed by atoms with E-state index in [1.54, 1.807) is 0 Å². The zero-order chi connectivity index (χ0) is 13.8. The first-order chi connectivity index (χ1) is 9.81. The van der Waals surface area contributed by atoms with Crippen molar-refractivity contribution in [1.82, 2.24) is 10.2 Å². The van der Waals surface area contributed by atoms with E-state index in [1.807, 2.05) is 42.5 Å². The second-order valence-corrected chi connectivity index (χ2v) is 4.56. The van der Waals surface area contributed by atoms with Gasteiger partial charge in [0.05, 0.1) is 0 Å². The lowest BCUT2D eigenvalue weighted by molar-refractivity contribution is 0.261. The number of nitrogens with zero attached hydrogens (tertiary/aromatic N) is 1. The molecule has 1 heterocycles. The maximum absolute atomic E-state index is 5.57. The number of ether oxygens (including phenoxy) is 1. The van der Waals surface area contributed by atoms with Crippen molar-refractivity contribution in [1.29, 1.82) is 0 Å². The zero-order valence-corrected chi connectivity index (χ0v) is 11.4. The third kappa shape index (κ3) is 2.95. The van der Waals surface area contributed by atoms with E-state index >= 15 is 0 Å². The van der Waals surface area contributed by atoms with Crippen molar-refractivity contribution in [2.45, 2.75) is 6.61 Å². The third-order valence-electron chi connectivity index (χ3n) is 2.81. The lowest BCUT2D eigenvalue weighted by Crippen LogP contribution is -1.95. The molecule has 0 unspecified atom stereocenters. The van der Waals surface area contributed by atoms with E-state index in [4.69, 9.17) is 21.4 Å². The standard InChI is InChI=1S/C15H12N2O2S/c20-15-17-16-14(19-15)10-18-13-8-6-12(7-9-13)11-4-2-1-3-5-11/h1-9H,10H2,(H,17,20). The van der Waals surface area contributed by atoms with Gasteiger partial charge in [0.25, 0.3) is 10.7 Å². The minimum Gasteiger partial charge on any atom is -0.484 e. The Kier molecular flexibility index (Phi) is 3.60. The molecule has 0 fully saturated rings. The fraction of sp³-hybridized carbons (Fsp3) is 0.0667. The van der Waals surface area contributed by atoms with Crippen LogP contribution in [0.5, 0.6) is 5.75 Å². The first-order valence-electron chi connectivity index (χ1n) is 6.14. The fourth-order valence-electron chi connectivity index (χ4n) is 1.84. The van der Waals surface area contributed by atoms with E-state index in [2.05, 4.69) is 22.3 Å². The summed E-state index contributed by atoms with van der Waals surface area (Å²) in [7, 11) is 0. The number of hydrogen-bond acceptors (Lipinski definition) is 4. The van der Waals surface area contributed by atoms with Crippen LogP contribution in [0.15, 0.2) is 59.0 Å². The average molecular weight is 284 g/mol. The van der Waals surface area contributed by atoms with Crippen molar-refractivity contribution in [3.05, 3.63) is 65.3 Å². The Morgan fingerprint density at radius 1 is 1.00 bits per heavy atom. The molecule has 0 aliphatic heterocycles. The molecular weight excluding hydrogens is 272 g/mol. The number of H-pyrrole nitrogens is 1. The van der Waals surface area contributed by atoms with Crippen LogP contribution in [0.3, 0.4) is 0 Å². The second kappa shape index (κ2) is 5.71. The van der Waals surface area contributed by atoms with E-state index < -0.39 is 0 Å². The number of aromatic amines is 1. The fourth-order valence-corrected chi connectivity index (χ4v) is 1.98. The molecule has 1 N–H and O–H groups in total. The Labute approximate surface area is 121 Å². The van der Waals surface area contributed by atoms with Gasteiger partial charge in [0.1, 0.15) is 5.75 Å². The summed E-state index contributed by atoms with van der Waals surface area (Å²) in [5.41, 5.74) is 2.33. The van der Waals surface area contributed by atoms with Crippen molar-refractivity contribution < 1.29 is 9.15 Å². The van der Waals surface area contributed by atoms with Crippen LogP contribution in [-0.2, 0) is 6.61 Å². The van der Waals surface area contributed by atoms with Gasteiger partial charge in [0.15, 0.2) is 6.61 Å². The van der Waals surface area contributed by atoms with Crippen molar-refractivity contribution in [3.8, 4) is 16.9 Å². The average Bonchev–Trinajstić information content (AvgIpc) is 2.92. The van der Waals surface area contributed by atoms with Crippen LogP contribution in [-0.4, -0.2) is 10.2 Å². The minimum atomic E-state index is 0.248. The van der Waals surface area contributed by atoms with Gasteiger partial charge in [-0.15, -0.1) is 5.10 Å². The summed E-state index contributed by atoms with van der Waals surface area (Å²) in [6.45, 7) is 0.248. The summed E-state index contributed by atoms with van der Waals surface area (Å²) in [6, 6.07) is 18.1. The van der Waals surface area contributed by atoms with E-state index in [1.165, 1.54) is 5.56 Å². The number of aromatic nitrogens is 2. The van der Waals surface area contributed by atoms with E-state index in [0.29, 0.717) is 5.89 Å². The Bertz CT molecular complexity index is 732. The summed E-state index contributed by atoms with van der Waals surface area (Å²) < 4.78 is 10.7. The molecule has 5 heteroatoms. The molecule has 2 aromatic carbocycles. The smallest absolute Gasteiger partial charge is 0.284 e. The SMILES string of the molecule is S=c1[nH]nc(COc2ccc(-c3ccccc3)cc2)o1. The summed E-state index contributed by atoms with van der Waals surface area (Å²) in [6.07, 6.45) is 0. The molecule has 3 rings (SSSR count). The van der Waals surface area contributed by atoms with Crippen molar-refractivity contribution >= 4 is 12.2 Å². The molecule has 0 aliphatic carbocycles. The van der Waals surface area contributed by atoms with Gasteiger partial charge in [-0.1, -0.05) is 42.5 Å². The molecule has 0 saturated heterocycles. The first-order valence-corrected chi connectivity index (χ1v) is 6.55. The van der Waals surface area contributed by atoms with E-state index in [9.17, 15) is 0 Å². The summed E-state index contributed by atoms with van der Waals surface area (Å²) in [5, 5.41) is 6.43. The van der Waals surface area contributed by atoms with Crippen LogP contribution in [0.2, 0.25) is 0 Å². The number of nitrogens with one attached hydrogen (secondary N) is 1. The van der Waals surface area contributed by atoms with Crippen LogP contribution in [0, 0.1) is 4.84 Å². The molecule has 4 nitrogen and oxygen atoms in total. The van der Waals surface area contributed by atoms with Crippen molar-refractivity contribution in [2.24, 2.45) is 0 Å². The van der Waals surface area contributed by atoms with E-state index in [-0.39, 0.29) is 11.4 Å². The van der Waals surface area contributed by atoms with Gasteiger partial charge >= 0.3 is 0 Å². The van der Waals surface area contributed by atoms with Gasteiger partial charge in [-0.05, 0) is 35.5 Å². The quantitative estimate of drug-likeness (QED) is 0.736. The van der Waals surface area contributed by atoms with Crippen LogP contribution in [0.25, 0.3) is 11.1 Å². The third-order valence-corrected chi connectivity index (χ3v) is 2.98. The van der Waals surface area contributed by atoms with Gasteiger partial charge in [-0.2, -0.15) is 0 Å². The van der Waals surface area contributed by atoms with Crippen LogP contribution < -0.4 is 4.74 Å².